The first-order valence-electron chi connectivity index (χ1n) is 10.8. The fraction of sp³-hybridized carbons (Fsp3) is 0.458. The Kier molecular flexibility index (Phi) is 5.65. The second-order valence-corrected chi connectivity index (χ2v) is 9.69. The smallest absolute Gasteiger partial charge is 0.317 e. The lowest BCUT2D eigenvalue weighted by Gasteiger charge is -2.41. The number of ether oxygens (including phenoxy) is 1. The van der Waals surface area contributed by atoms with Gasteiger partial charge in [0.25, 0.3) is 0 Å². The van der Waals surface area contributed by atoms with Gasteiger partial charge in [0.05, 0.1) is 19.2 Å². The zero-order valence-corrected chi connectivity index (χ0v) is 18.3. The molecule has 3 aliphatic rings. The third kappa shape index (κ3) is 4.05. The number of benzene rings is 2. The van der Waals surface area contributed by atoms with Crippen LogP contribution >= 0.6 is 23.2 Å². The molecule has 6 heteroatoms. The fourth-order valence-electron chi connectivity index (χ4n) is 5.21. The molecule has 2 aromatic rings. The highest BCUT2D eigenvalue weighted by Crippen LogP contribution is 2.44. The molecule has 4 unspecified atom stereocenters. The highest BCUT2D eigenvalue weighted by atomic mass is 35.5. The zero-order chi connectivity index (χ0) is 20.7. The largest absolute Gasteiger partial charge is 0.362 e. The van der Waals surface area contributed by atoms with Crippen molar-refractivity contribution in [2.24, 2.45) is 11.8 Å². The molecule has 2 amide bonds. The zero-order valence-electron chi connectivity index (χ0n) is 16.8. The van der Waals surface area contributed by atoms with Gasteiger partial charge in [0.1, 0.15) is 6.10 Å². The van der Waals surface area contributed by atoms with E-state index in [4.69, 9.17) is 27.9 Å². The molecule has 2 aliphatic carbocycles. The van der Waals surface area contributed by atoms with Crippen molar-refractivity contribution in [1.29, 1.82) is 0 Å². The van der Waals surface area contributed by atoms with E-state index in [0.717, 1.165) is 23.5 Å². The van der Waals surface area contributed by atoms with Gasteiger partial charge >= 0.3 is 6.03 Å². The monoisotopic (exact) mass is 444 g/mol. The van der Waals surface area contributed by atoms with Crippen molar-refractivity contribution in [3.05, 3.63) is 69.7 Å². The fourth-order valence-corrected chi connectivity index (χ4v) is 5.57. The summed E-state index contributed by atoms with van der Waals surface area (Å²) in [6.45, 7) is 1.20. The quantitative estimate of drug-likeness (QED) is 0.643. The van der Waals surface area contributed by atoms with E-state index >= 15 is 0 Å². The van der Waals surface area contributed by atoms with Crippen molar-refractivity contribution in [3.8, 4) is 0 Å². The van der Waals surface area contributed by atoms with Crippen molar-refractivity contribution >= 4 is 29.2 Å². The molecule has 2 aromatic carbocycles. The normalized spacial score (nSPS) is 26.5. The number of hydrogen-bond donors (Lipinski definition) is 1. The molecule has 3 fully saturated rings. The van der Waals surface area contributed by atoms with Crippen molar-refractivity contribution < 1.29 is 9.53 Å². The van der Waals surface area contributed by atoms with Crippen LogP contribution in [0.5, 0.6) is 0 Å². The molecule has 2 saturated carbocycles. The van der Waals surface area contributed by atoms with Crippen LogP contribution < -0.4 is 5.32 Å². The van der Waals surface area contributed by atoms with Crippen molar-refractivity contribution in [2.75, 3.05) is 13.1 Å². The second-order valence-electron chi connectivity index (χ2n) is 8.85. The predicted molar refractivity (Wildman–Crippen MR) is 119 cm³/mol. The summed E-state index contributed by atoms with van der Waals surface area (Å²) in [5.41, 5.74) is 1.92. The van der Waals surface area contributed by atoms with Gasteiger partial charge in [0.2, 0.25) is 0 Å². The van der Waals surface area contributed by atoms with Crippen LogP contribution in [0.15, 0.2) is 48.5 Å². The number of urea groups is 1. The molecule has 30 heavy (non-hydrogen) atoms. The van der Waals surface area contributed by atoms with E-state index in [2.05, 4.69) is 5.32 Å². The Hall–Kier alpha value is -1.75. The molecule has 0 spiro atoms. The number of nitrogens with zero attached hydrogens (tertiary/aromatic N) is 1. The summed E-state index contributed by atoms with van der Waals surface area (Å²) in [4.78, 5) is 14.5. The predicted octanol–water partition coefficient (Wildman–Crippen LogP) is 5.68. The third-order valence-electron chi connectivity index (χ3n) is 6.87. The average molecular weight is 445 g/mol. The number of rotatable bonds is 5. The van der Waals surface area contributed by atoms with Gasteiger partial charge in [-0.3, -0.25) is 0 Å². The van der Waals surface area contributed by atoms with E-state index in [1.807, 2.05) is 53.4 Å². The van der Waals surface area contributed by atoms with Gasteiger partial charge in [0, 0.05) is 21.7 Å². The van der Waals surface area contributed by atoms with E-state index in [-0.39, 0.29) is 18.2 Å². The number of carbonyl (C=O) groups excluding carboxylic acids is 1. The summed E-state index contributed by atoms with van der Waals surface area (Å²) in [6.07, 6.45) is 4.73. The minimum atomic E-state index is -0.295. The van der Waals surface area contributed by atoms with Crippen LogP contribution in [0, 0.1) is 11.8 Å². The molecule has 1 heterocycles. The summed E-state index contributed by atoms with van der Waals surface area (Å²) in [7, 11) is 0. The van der Waals surface area contributed by atoms with Gasteiger partial charge < -0.3 is 15.0 Å². The van der Waals surface area contributed by atoms with Crippen LogP contribution in [0.2, 0.25) is 10.0 Å². The van der Waals surface area contributed by atoms with Gasteiger partial charge in [-0.05, 0) is 54.9 Å². The topological polar surface area (TPSA) is 41.6 Å². The van der Waals surface area contributed by atoms with Crippen LogP contribution in [0.4, 0.5) is 4.79 Å². The lowest BCUT2D eigenvalue weighted by Crippen LogP contribution is -2.59. The summed E-state index contributed by atoms with van der Waals surface area (Å²) in [6, 6.07) is 15.8. The molecular formula is C24H26Cl2N2O2. The van der Waals surface area contributed by atoms with Crippen LogP contribution in [-0.2, 0) is 4.74 Å². The molecule has 0 radical (unpaired) electrons. The lowest BCUT2D eigenvalue weighted by atomic mass is 9.95. The van der Waals surface area contributed by atoms with Crippen molar-refractivity contribution in [3.63, 3.8) is 0 Å². The molecule has 4 nitrogen and oxygen atoms in total. The second kappa shape index (κ2) is 8.41. The molecule has 158 valence electrons. The number of halogens is 2. The lowest BCUT2D eigenvalue weighted by molar-refractivity contribution is -0.0649. The summed E-state index contributed by atoms with van der Waals surface area (Å²) in [5.74, 6) is 1.50. The maximum Gasteiger partial charge on any atom is 0.317 e. The highest BCUT2D eigenvalue weighted by molar-refractivity contribution is 6.31. The number of nitrogens with one attached hydrogen (secondary N) is 1. The van der Waals surface area contributed by atoms with Gasteiger partial charge in [-0.15, -0.1) is 0 Å². The molecule has 2 bridgehead atoms. The number of carbonyl (C=O) groups is 1. The number of amides is 2. The Morgan fingerprint density at radius 1 is 1.03 bits per heavy atom. The minimum absolute atomic E-state index is 0.0206. The maximum atomic E-state index is 12.6. The number of likely N-dealkylation sites (tertiary alicyclic amines) is 1. The van der Waals surface area contributed by atoms with E-state index in [1.165, 1.54) is 19.3 Å². The van der Waals surface area contributed by atoms with Gasteiger partial charge in [-0.25, -0.2) is 4.79 Å². The first kappa shape index (κ1) is 20.2. The average Bonchev–Trinajstić information content (AvgIpc) is 3.32. The summed E-state index contributed by atoms with van der Waals surface area (Å²) in [5, 5.41) is 4.61. The summed E-state index contributed by atoms with van der Waals surface area (Å²) >= 11 is 12.5. The van der Waals surface area contributed by atoms with E-state index in [1.54, 1.807) is 0 Å². The van der Waals surface area contributed by atoms with Gasteiger partial charge in [0.15, 0.2) is 0 Å². The molecule has 4 atom stereocenters. The number of fused-ring (bicyclic) bond motifs is 2. The first-order valence-corrected chi connectivity index (χ1v) is 11.5. The van der Waals surface area contributed by atoms with E-state index in [9.17, 15) is 4.79 Å². The van der Waals surface area contributed by atoms with E-state index < -0.39 is 0 Å². The van der Waals surface area contributed by atoms with Gasteiger partial charge in [-0.1, -0.05) is 60.0 Å². The Balaban J connectivity index is 1.22. The number of hydrogen-bond acceptors (Lipinski definition) is 2. The Bertz CT molecular complexity index is 914. The standard InChI is InChI=1S/C24H26Cl2N2O2/c25-18-9-7-16(8-10-18)23(20-3-1-2-4-21(20)26)30-19-13-28(14-19)24(29)27-22-12-15-5-6-17(22)11-15/h1-4,7-10,15,17,19,22-23H,5-6,11-14H2,(H,27,29). The van der Waals surface area contributed by atoms with Gasteiger partial charge in [-0.2, -0.15) is 0 Å². The van der Waals surface area contributed by atoms with Crippen molar-refractivity contribution in [2.45, 2.75) is 43.9 Å². The van der Waals surface area contributed by atoms with Crippen molar-refractivity contribution in [1.82, 2.24) is 10.2 Å². The maximum absolute atomic E-state index is 12.6. The Morgan fingerprint density at radius 3 is 2.47 bits per heavy atom. The molecule has 0 aromatic heterocycles. The molecule has 1 saturated heterocycles. The summed E-state index contributed by atoms with van der Waals surface area (Å²) < 4.78 is 6.43. The van der Waals surface area contributed by atoms with Crippen LogP contribution in [-0.4, -0.2) is 36.2 Å². The Labute approximate surface area is 187 Å². The molecule has 1 N–H and O–H groups in total. The van der Waals surface area contributed by atoms with E-state index in [0.29, 0.717) is 35.1 Å². The van der Waals surface area contributed by atoms with Crippen LogP contribution in [0.25, 0.3) is 0 Å². The minimum Gasteiger partial charge on any atom is -0.362 e. The molecule has 5 rings (SSSR count). The first-order chi connectivity index (χ1) is 14.6. The SMILES string of the molecule is O=C(NC1CC2CCC1C2)N1CC(OC(c2ccc(Cl)cc2)c2ccccc2Cl)C1. The van der Waals surface area contributed by atoms with Crippen LogP contribution in [0.3, 0.4) is 0 Å². The molecule has 1 aliphatic heterocycles. The third-order valence-corrected chi connectivity index (χ3v) is 7.47. The van der Waals surface area contributed by atoms with Crippen LogP contribution in [0.1, 0.15) is 42.9 Å². The highest BCUT2D eigenvalue weighted by Gasteiger charge is 2.42. The Morgan fingerprint density at radius 2 is 1.80 bits per heavy atom. The molecular weight excluding hydrogens is 419 g/mol.